The zero-order valence-electron chi connectivity index (χ0n) is 8.26. The number of aliphatic hydroxyl groups is 1. The van der Waals surface area contributed by atoms with Gasteiger partial charge in [-0.2, -0.15) is 0 Å². The van der Waals surface area contributed by atoms with Gasteiger partial charge in [-0.3, -0.25) is 10.1 Å². The lowest BCUT2D eigenvalue weighted by molar-refractivity contribution is -0.536. The molecule has 1 aromatic rings. The molecule has 1 aromatic carbocycles. The molecule has 0 aromatic heterocycles. The predicted octanol–water partition coefficient (Wildman–Crippen LogP) is 1.91. The fraction of sp³-hybridized carbons (Fsp3) is 0.400. The van der Waals surface area contributed by atoms with E-state index in [0.717, 1.165) is 0 Å². The third-order valence-corrected chi connectivity index (χ3v) is 2.28. The fourth-order valence-electron chi connectivity index (χ4n) is 1.41. The van der Waals surface area contributed by atoms with Crippen LogP contribution in [-0.4, -0.2) is 16.1 Å². The van der Waals surface area contributed by atoms with Gasteiger partial charge in [0.2, 0.25) is 6.04 Å². The van der Waals surface area contributed by atoms with Gasteiger partial charge in [-0.05, 0) is 6.07 Å². The molecule has 0 aliphatic carbocycles. The predicted molar refractivity (Wildman–Crippen MR) is 52.4 cm³/mol. The Labute approximate surface area is 86.5 Å². The Morgan fingerprint density at radius 1 is 1.53 bits per heavy atom. The van der Waals surface area contributed by atoms with E-state index in [2.05, 4.69) is 0 Å². The van der Waals surface area contributed by atoms with Crippen molar-refractivity contribution in [3.63, 3.8) is 0 Å². The first-order chi connectivity index (χ1) is 7.07. The summed E-state index contributed by atoms with van der Waals surface area (Å²) in [6.07, 6.45) is -1.24. The number of nitro groups is 1. The number of benzene rings is 1. The molecule has 0 fully saturated rings. The van der Waals surface area contributed by atoms with Gasteiger partial charge in [0, 0.05) is 16.9 Å². The smallest absolute Gasteiger partial charge is 0.242 e. The lowest BCUT2D eigenvalue weighted by atomic mass is 10.0. The van der Waals surface area contributed by atoms with Crippen molar-refractivity contribution in [2.75, 3.05) is 0 Å². The molecule has 0 saturated heterocycles. The van der Waals surface area contributed by atoms with Crippen molar-refractivity contribution in [3.8, 4) is 0 Å². The van der Waals surface area contributed by atoms with E-state index < -0.39 is 22.9 Å². The fourth-order valence-corrected chi connectivity index (χ4v) is 1.41. The molecule has 1 N–H and O–H groups in total. The second-order valence-corrected chi connectivity index (χ2v) is 3.23. The quantitative estimate of drug-likeness (QED) is 0.613. The molecule has 0 radical (unpaired) electrons. The highest BCUT2D eigenvalue weighted by Crippen LogP contribution is 2.23. The minimum absolute atomic E-state index is 0.0268. The molecular weight excluding hydrogens is 201 g/mol. The number of nitrogens with zero attached hydrogens (tertiary/aromatic N) is 1. The lowest BCUT2D eigenvalue weighted by Crippen LogP contribution is -2.27. The summed E-state index contributed by atoms with van der Waals surface area (Å²) in [5.41, 5.74) is -0.0268. The van der Waals surface area contributed by atoms with Crippen molar-refractivity contribution in [3.05, 3.63) is 45.8 Å². The maximum Gasteiger partial charge on any atom is 0.242 e. The molecule has 82 valence electrons. The number of rotatable bonds is 4. The van der Waals surface area contributed by atoms with Crippen LogP contribution in [0, 0.1) is 15.9 Å². The Morgan fingerprint density at radius 2 is 2.13 bits per heavy atom. The average molecular weight is 213 g/mol. The van der Waals surface area contributed by atoms with Crippen LogP contribution in [0.15, 0.2) is 24.3 Å². The maximum atomic E-state index is 13.2. The van der Waals surface area contributed by atoms with Crippen LogP contribution in [-0.2, 0) is 0 Å². The van der Waals surface area contributed by atoms with Gasteiger partial charge in [0.1, 0.15) is 11.9 Å². The molecule has 0 amide bonds. The Balaban J connectivity index is 2.97. The van der Waals surface area contributed by atoms with Gasteiger partial charge in [0.15, 0.2) is 0 Å². The van der Waals surface area contributed by atoms with E-state index in [9.17, 15) is 19.6 Å². The summed E-state index contributed by atoms with van der Waals surface area (Å²) in [7, 11) is 0. The van der Waals surface area contributed by atoms with E-state index in [1.165, 1.54) is 24.3 Å². The van der Waals surface area contributed by atoms with Crippen molar-refractivity contribution in [1.29, 1.82) is 0 Å². The van der Waals surface area contributed by atoms with Crippen molar-refractivity contribution in [2.45, 2.75) is 25.5 Å². The largest absolute Gasteiger partial charge is 0.381 e. The minimum atomic E-state index is -1.40. The minimum Gasteiger partial charge on any atom is -0.381 e. The van der Waals surface area contributed by atoms with E-state index in [4.69, 9.17) is 0 Å². The van der Waals surface area contributed by atoms with Crippen LogP contribution < -0.4 is 0 Å². The SMILES string of the molecule is CC[C@@H]([C@H](O)c1ccccc1F)[N+](=O)[O-]. The molecule has 0 spiro atoms. The van der Waals surface area contributed by atoms with Crippen LogP contribution in [0.1, 0.15) is 25.0 Å². The van der Waals surface area contributed by atoms with Crippen LogP contribution in [0.25, 0.3) is 0 Å². The molecular formula is C10H12FNO3. The first-order valence-corrected chi connectivity index (χ1v) is 4.64. The standard InChI is InChI=1S/C10H12FNO3/c1-2-9(12(14)15)10(13)7-5-3-4-6-8(7)11/h3-6,9-10,13H,2H2,1H3/t9-,10+/m0/s1. The highest BCUT2D eigenvalue weighted by molar-refractivity contribution is 5.20. The second kappa shape index (κ2) is 4.84. The molecule has 0 heterocycles. The summed E-state index contributed by atoms with van der Waals surface area (Å²) >= 11 is 0. The van der Waals surface area contributed by atoms with Crippen LogP contribution in [0.3, 0.4) is 0 Å². The van der Waals surface area contributed by atoms with Crippen LogP contribution in [0.5, 0.6) is 0 Å². The highest BCUT2D eigenvalue weighted by Gasteiger charge is 2.30. The van der Waals surface area contributed by atoms with Crippen LogP contribution in [0.4, 0.5) is 4.39 Å². The highest BCUT2D eigenvalue weighted by atomic mass is 19.1. The van der Waals surface area contributed by atoms with E-state index >= 15 is 0 Å². The monoisotopic (exact) mass is 213 g/mol. The summed E-state index contributed by atoms with van der Waals surface area (Å²) in [6, 6.07) is 4.37. The molecule has 0 aliphatic heterocycles. The molecule has 0 saturated carbocycles. The van der Waals surface area contributed by atoms with E-state index in [0.29, 0.717) is 0 Å². The van der Waals surface area contributed by atoms with Gasteiger partial charge in [-0.15, -0.1) is 0 Å². The molecule has 0 aliphatic rings. The third kappa shape index (κ3) is 2.50. The van der Waals surface area contributed by atoms with Gasteiger partial charge >= 0.3 is 0 Å². The van der Waals surface area contributed by atoms with Crippen molar-refractivity contribution in [1.82, 2.24) is 0 Å². The van der Waals surface area contributed by atoms with Crippen LogP contribution >= 0.6 is 0 Å². The maximum absolute atomic E-state index is 13.2. The molecule has 1 rings (SSSR count). The molecule has 5 heteroatoms. The first-order valence-electron chi connectivity index (χ1n) is 4.64. The van der Waals surface area contributed by atoms with E-state index in [1.54, 1.807) is 6.92 Å². The normalized spacial score (nSPS) is 14.6. The molecule has 2 atom stereocenters. The Bertz CT molecular complexity index is 356. The van der Waals surface area contributed by atoms with Gasteiger partial charge < -0.3 is 5.11 Å². The van der Waals surface area contributed by atoms with Gasteiger partial charge in [-0.1, -0.05) is 25.1 Å². The summed E-state index contributed by atoms with van der Waals surface area (Å²) in [5, 5.41) is 20.2. The first kappa shape index (κ1) is 11.6. The van der Waals surface area contributed by atoms with Gasteiger partial charge in [0.05, 0.1) is 0 Å². The number of hydrogen-bond acceptors (Lipinski definition) is 3. The number of aliphatic hydroxyl groups excluding tert-OH is 1. The number of halogens is 1. The lowest BCUT2D eigenvalue weighted by Gasteiger charge is -2.15. The van der Waals surface area contributed by atoms with Gasteiger partial charge in [-0.25, -0.2) is 4.39 Å². The van der Waals surface area contributed by atoms with E-state index in [-0.39, 0.29) is 12.0 Å². The molecule has 15 heavy (non-hydrogen) atoms. The topological polar surface area (TPSA) is 63.4 Å². The molecule has 0 unspecified atom stereocenters. The van der Waals surface area contributed by atoms with Crippen molar-refractivity contribution >= 4 is 0 Å². The molecule has 4 nitrogen and oxygen atoms in total. The van der Waals surface area contributed by atoms with Crippen molar-refractivity contribution in [2.24, 2.45) is 0 Å². The zero-order chi connectivity index (χ0) is 11.4. The molecule has 0 bridgehead atoms. The summed E-state index contributed by atoms with van der Waals surface area (Å²) in [4.78, 5) is 9.99. The third-order valence-electron chi connectivity index (χ3n) is 2.28. The summed E-state index contributed by atoms with van der Waals surface area (Å²) in [5.74, 6) is -0.620. The second-order valence-electron chi connectivity index (χ2n) is 3.23. The zero-order valence-corrected chi connectivity index (χ0v) is 8.26. The summed E-state index contributed by atoms with van der Waals surface area (Å²) < 4.78 is 13.2. The average Bonchev–Trinajstić information content (AvgIpc) is 2.18. The Morgan fingerprint density at radius 3 is 2.60 bits per heavy atom. The van der Waals surface area contributed by atoms with E-state index in [1.807, 2.05) is 0 Å². The van der Waals surface area contributed by atoms with Crippen LogP contribution in [0.2, 0.25) is 0 Å². The summed E-state index contributed by atoms with van der Waals surface area (Å²) in [6.45, 7) is 1.58. The van der Waals surface area contributed by atoms with Gasteiger partial charge in [0.25, 0.3) is 0 Å². The van der Waals surface area contributed by atoms with Crippen molar-refractivity contribution < 1.29 is 14.4 Å². The Kier molecular flexibility index (Phi) is 3.74. The Hall–Kier alpha value is -1.49. The number of hydrogen-bond donors (Lipinski definition) is 1.